The van der Waals surface area contributed by atoms with Crippen molar-refractivity contribution in [2.45, 2.75) is 39.7 Å². The van der Waals surface area contributed by atoms with Crippen LogP contribution in [0.5, 0.6) is 11.5 Å². The maximum atomic E-state index is 12.8. The van der Waals surface area contributed by atoms with Crippen LogP contribution in [0.2, 0.25) is 0 Å². The summed E-state index contributed by atoms with van der Waals surface area (Å²) in [4.78, 5) is 22.2. The molecule has 1 aromatic heterocycles. The first kappa shape index (κ1) is 20.6. The van der Waals surface area contributed by atoms with Crippen LogP contribution in [0.1, 0.15) is 54.1 Å². The zero-order valence-corrected chi connectivity index (χ0v) is 17.6. The van der Waals surface area contributed by atoms with E-state index in [4.69, 9.17) is 14.5 Å². The molecule has 1 atom stereocenters. The summed E-state index contributed by atoms with van der Waals surface area (Å²) in [6, 6.07) is 10.9. The highest BCUT2D eigenvalue weighted by Gasteiger charge is 2.15. The predicted molar refractivity (Wildman–Crippen MR) is 114 cm³/mol. The first-order valence-electron chi connectivity index (χ1n) is 9.83. The molecule has 1 N–H and O–H groups in total. The van der Waals surface area contributed by atoms with Gasteiger partial charge in [0, 0.05) is 5.56 Å². The summed E-state index contributed by atoms with van der Waals surface area (Å²) < 4.78 is 10.6. The lowest BCUT2D eigenvalue weighted by Crippen LogP contribution is -2.26. The van der Waals surface area contributed by atoms with E-state index in [-0.39, 0.29) is 11.9 Å². The fourth-order valence-corrected chi connectivity index (χ4v) is 3.32. The van der Waals surface area contributed by atoms with Gasteiger partial charge in [0.2, 0.25) is 0 Å². The second kappa shape index (κ2) is 8.90. The van der Waals surface area contributed by atoms with E-state index in [1.165, 1.54) is 0 Å². The normalized spacial score (nSPS) is 11.9. The predicted octanol–water partition coefficient (Wildman–Crippen LogP) is 4.26. The number of amides is 1. The molecule has 2 aromatic carbocycles. The molecule has 0 aliphatic heterocycles. The third-order valence-electron chi connectivity index (χ3n) is 5.01. The molecule has 1 amide bonds. The van der Waals surface area contributed by atoms with Crippen LogP contribution in [0.15, 0.2) is 36.4 Å². The molecular formula is C23H27N3O3. The molecule has 29 heavy (non-hydrogen) atoms. The van der Waals surface area contributed by atoms with Gasteiger partial charge in [0.05, 0.1) is 42.7 Å². The average molecular weight is 393 g/mol. The van der Waals surface area contributed by atoms with E-state index in [0.29, 0.717) is 17.1 Å². The second-order valence-electron chi connectivity index (χ2n) is 6.84. The smallest absolute Gasteiger partial charge is 0.251 e. The fourth-order valence-electron chi connectivity index (χ4n) is 3.32. The van der Waals surface area contributed by atoms with Crippen LogP contribution >= 0.6 is 0 Å². The van der Waals surface area contributed by atoms with Gasteiger partial charge in [0.15, 0.2) is 11.5 Å². The minimum atomic E-state index is -0.197. The molecule has 6 heteroatoms. The van der Waals surface area contributed by atoms with Crippen LogP contribution in [-0.4, -0.2) is 30.1 Å². The van der Waals surface area contributed by atoms with Gasteiger partial charge >= 0.3 is 0 Å². The van der Waals surface area contributed by atoms with Crippen LogP contribution in [0.4, 0.5) is 0 Å². The van der Waals surface area contributed by atoms with Gasteiger partial charge in [-0.05, 0) is 55.7 Å². The van der Waals surface area contributed by atoms with Crippen molar-refractivity contribution in [1.29, 1.82) is 0 Å². The van der Waals surface area contributed by atoms with Gasteiger partial charge in [-0.3, -0.25) is 4.79 Å². The SMILES string of the molecule is CCc1nc2ccc(C(=O)NC(C)c3ccc(OC)c(OC)c3)cc2nc1CC. The molecule has 0 fully saturated rings. The summed E-state index contributed by atoms with van der Waals surface area (Å²) in [6.07, 6.45) is 1.66. The summed E-state index contributed by atoms with van der Waals surface area (Å²) in [5.41, 5.74) is 5.03. The summed E-state index contributed by atoms with van der Waals surface area (Å²) in [7, 11) is 3.19. The lowest BCUT2D eigenvalue weighted by atomic mass is 10.1. The Morgan fingerprint density at radius 2 is 1.59 bits per heavy atom. The van der Waals surface area contributed by atoms with Crippen molar-refractivity contribution >= 4 is 16.9 Å². The molecule has 1 heterocycles. The van der Waals surface area contributed by atoms with E-state index in [9.17, 15) is 4.79 Å². The molecule has 0 radical (unpaired) electrons. The van der Waals surface area contributed by atoms with Gasteiger partial charge in [-0.25, -0.2) is 9.97 Å². The first-order valence-corrected chi connectivity index (χ1v) is 9.83. The van der Waals surface area contributed by atoms with Crippen molar-refractivity contribution in [3.8, 4) is 11.5 Å². The molecule has 0 aliphatic rings. The van der Waals surface area contributed by atoms with Crippen molar-refractivity contribution in [1.82, 2.24) is 15.3 Å². The number of ether oxygens (including phenoxy) is 2. The number of hydrogen-bond acceptors (Lipinski definition) is 5. The number of nitrogens with zero attached hydrogens (tertiary/aromatic N) is 2. The van der Waals surface area contributed by atoms with E-state index in [2.05, 4.69) is 24.1 Å². The number of nitrogens with one attached hydrogen (secondary N) is 1. The summed E-state index contributed by atoms with van der Waals surface area (Å²) in [5.74, 6) is 1.13. The number of aromatic nitrogens is 2. The lowest BCUT2D eigenvalue weighted by molar-refractivity contribution is 0.0940. The van der Waals surface area contributed by atoms with Crippen LogP contribution < -0.4 is 14.8 Å². The Morgan fingerprint density at radius 1 is 0.931 bits per heavy atom. The minimum absolute atomic E-state index is 0.159. The van der Waals surface area contributed by atoms with Crippen molar-refractivity contribution in [2.75, 3.05) is 14.2 Å². The van der Waals surface area contributed by atoms with Gasteiger partial charge in [-0.2, -0.15) is 0 Å². The standard InChI is InChI=1S/C23H27N3O3/c1-6-17-18(7-2)26-20-12-16(8-10-19(20)25-17)23(27)24-14(3)15-9-11-21(28-4)22(13-15)29-5/h8-14H,6-7H2,1-5H3,(H,24,27). The van der Waals surface area contributed by atoms with E-state index >= 15 is 0 Å². The van der Waals surface area contributed by atoms with Crippen molar-refractivity contribution in [3.05, 3.63) is 58.9 Å². The Kier molecular flexibility index (Phi) is 6.32. The molecule has 1 unspecified atom stereocenters. The highest BCUT2D eigenvalue weighted by atomic mass is 16.5. The number of fused-ring (bicyclic) bond motifs is 1. The van der Waals surface area contributed by atoms with Crippen LogP contribution in [0, 0.1) is 0 Å². The van der Waals surface area contributed by atoms with E-state index in [1.54, 1.807) is 26.4 Å². The zero-order valence-electron chi connectivity index (χ0n) is 17.6. The molecule has 3 rings (SSSR count). The van der Waals surface area contributed by atoms with Crippen molar-refractivity contribution in [2.24, 2.45) is 0 Å². The Morgan fingerprint density at radius 3 is 2.21 bits per heavy atom. The minimum Gasteiger partial charge on any atom is -0.493 e. The first-order chi connectivity index (χ1) is 14.0. The number of benzene rings is 2. The Balaban J connectivity index is 1.83. The van der Waals surface area contributed by atoms with Crippen molar-refractivity contribution in [3.63, 3.8) is 0 Å². The maximum absolute atomic E-state index is 12.8. The van der Waals surface area contributed by atoms with E-state index in [0.717, 1.165) is 40.8 Å². The van der Waals surface area contributed by atoms with Gasteiger partial charge in [-0.15, -0.1) is 0 Å². The monoisotopic (exact) mass is 393 g/mol. The van der Waals surface area contributed by atoms with Crippen LogP contribution in [0.3, 0.4) is 0 Å². The number of hydrogen-bond donors (Lipinski definition) is 1. The number of carbonyl (C=O) groups is 1. The summed E-state index contributed by atoms with van der Waals surface area (Å²) in [5, 5.41) is 3.03. The molecular weight excluding hydrogens is 366 g/mol. The van der Waals surface area contributed by atoms with Crippen LogP contribution in [-0.2, 0) is 12.8 Å². The third kappa shape index (κ3) is 4.31. The number of methoxy groups -OCH3 is 2. The molecule has 0 bridgehead atoms. The molecule has 3 aromatic rings. The molecule has 0 saturated carbocycles. The second-order valence-corrected chi connectivity index (χ2v) is 6.84. The third-order valence-corrected chi connectivity index (χ3v) is 5.01. The molecule has 152 valence electrons. The lowest BCUT2D eigenvalue weighted by Gasteiger charge is -2.17. The van der Waals surface area contributed by atoms with Crippen LogP contribution in [0.25, 0.3) is 11.0 Å². The maximum Gasteiger partial charge on any atom is 0.251 e. The van der Waals surface area contributed by atoms with E-state index in [1.807, 2.05) is 31.2 Å². The summed E-state index contributed by atoms with van der Waals surface area (Å²) >= 11 is 0. The Bertz CT molecular complexity index is 1030. The van der Waals surface area contributed by atoms with Gasteiger partial charge in [0.1, 0.15) is 0 Å². The zero-order chi connectivity index (χ0) is 21.0. The Labute approximate surface area is 171 Å². The quantitative estimate of drug-likeness (QED) is 0.649. The molecule has 0 spiro atoms. The molecule has 0 saturated heterocycles. The van der Waals surface area contributed by atoms with E-state index < -0.39 is 0 Å². The van der Waals surface area contributed by atoms with Gasteiger partial charge in [0.25, 0.3) is 5.91 Å². The van der Waals surface area contributed by atoms with Crippen molar-refractivity contribution < 1.29 is 14.3 Å². The summed E-state index contributed by atoms with van der Waals surface area (Å²) in [6.45, 7) is 6.07. The largest absolute Gasteiger partial charge is 0.493 e. The highest BCUT2D eigenvalue weighted by molar-refractivity contribution is 5.97. The fraction of sp³-hybridized carbons (Fsp3) is 0.348. The highest BCUT2D eigenvalue weighted by Crippen LogP contribution is 2.30. The van der Waals surface area contributed by atoms with Gasteiger partial charge in [-0.1, -0.05) is 19.9 Å². The number of aryl methyl sites for hydroxylation is 2. The topological polar surface area (TPSA) is 73.3 Å². The van der Waals surface area contributed by atoms with Gasteiger partial charge < -0.3 is 14.8 Å². The molecule has 6 nitrogen and oxygen atoms in total. The number of carbonyl (C=O) groups excluding carboxylic acids is 1. The average Bonchev–Trinajstić information content (AvgIpc) is 2.76. The molecule has 0 aliphatic carbocycles. The number of rotatable bonds is 7. The Hall–Kier alpha value is -3.15.